The van der Waals surface area contributed by atoms with E-state index in [1.165, 1.54) is 18.2 Å². The van der Waals surface area contributed by atoms with Gasteiger partial charge in [-0.15, -0.1) is 0 Å². The van der Waals surface area contributed by atoms with E-state index in [-0.39, 0.29) is 11.3 Å². The second-order valence-corrected chi connectivity index (χ2v) is 6.62. The Morgan fingerprint density at radius 1 is 1.20 bits per heavy atom. The lowest BCUT2D eigenvalue weighted by Gasteiger charge is -2.04. The van der Waals surface area contributed by atoms with Crippen molar-refractivity contribution in [1.82, 2.24) is 5.32 Å². The van der Waals surface area contributed by atoms with E-state index in [1.807, 2.05) is 43.3 Å². The first-order valence-electron chi connectivity index (χ1n) is 9.27. The first-order chi connectivity index (χ1) is 14.5. The molecule has 150 valence electrons. The van der Waals surface area contributed by atoms with E-state index >= 15 is 0 Å². The average molecular weight is 401 g/mol. The number of non-ortho nitro benzene ring substituents is 1. The zero-order chi connectivity index (χ0) is 21.5. The minimum absolute atomic E-state index is 0.0420. The largest absolute Gasteiger partial charge is 0.457 e. The lowest BCUT2D eigenvalue weighted by Crippen LogP contribution is -2.26. The molecule has 1 N–H and O–H groups in total. The van der Waals surface area contributed by atoms with Gasteiger partial charge in [0.25, 0.3) is 11.6 Å². The van der Waals surface area contributed by atoms with Gasteiger partial charge in [0.2, 0.25) is 0 Å². The molecule has 0 saturated heterocycles. The van der Waals surface area contributed by atoms with Crippen molar-refractivity contribution in [1.29, 1.82) is 5.26 Å². The first kappa shape index (κ1) is 20.6. The minimum atomic E-state index is -0.488. The number of nitriles is 1. The van der Waals surface area contributed by atoms with Crippen LogP contribution in [0.1, 0.15) is 16.9 Å². The smallest absolute Gasteiger partial charge is 0.270 e. The fraction of sp³-hybridized carbons (Fsp3) is 0.130. The van der Waals surface area contributed by atoms with Crippen molar-refractivity contribution < 1.29 is 14.1 Å². The molecule has 0 saturated carbocycles. The zero-order valence-corrected chi connectivity index (χ0v) is 16.3. The monoisotopic (exact) mass is 401 g/mol. The van der Waals surface area contributed by atoms with E-state index in [2.05, 4.69) is 5.32 Å². The van der Waals surface area contributed by atoms with Gasteiger partial charge in [-0.25, -0.2) is 0 Å². The zero-order valence-electron chi connectivity index (χ0n) is 16.3. The summed E-state index contributed by atoms with van der Waals surface area (Å²) >= 11 is 0. The normalized spacial score (nSPS) is 11.0. The molecule has 30 heavy (non-hydrogen) atoms. The molecule has 0 aliphatic rings. The van der Waals surface area contributed by atoms with Gasteiger partial charge in [0.1, 0.15) is 23.2 Å². The summed E-state index contributed by atoms with van der Waals surface area (Å²) in [4.78, 5) is 22.9. The molecule has 7 heteroatoms. The van der Waals surface area contributed by atoms with Gasteiger partial charge in [0, 0.05) is 30.3 Å². The number of rotatable bonds is 7. The number of nitro benzene ring substituents is 1. The number of carbonyl (C=O) groups is 1. The van der Waals surface area contributed by atoms with Crippen molar-refractivity contribution in [3.63, 3.8) is 0 Å². The average Bonchev–Trinajstić information content (AvgIpc) is 3.21. The molecule has 3 aromatic rings. The van der Waals surface area contributed by atoms with Crippen LogP contribution in [-0.2, 0) is 11.2 Å². The molecule has 0 atom stereocenters. The molecule has 0 fully saturated rings. The molecule has 0 unspecified atom stereocenters. The topological polar surface area (TPSA) is 109 Å². The SMILES string of the molecule is Cc1ccc([N+](=O)[O-])cc1-c1ccc(/C=C(\C#N)C(=O)NCCc2ccccc2)o1. The summed E-state index contributed by atoms with van der Waals surface area (Å²) in [5.41, 5.74) is 2.35. The van der Waals surface area contributed by atoms with Gasteiger partial charge in [-0.2, -0.15) is 5.26 Å². The predicted octanol–water partition coefficient (Wildman–Crippen LogP) is 4.43. The number of nitro groups is 1. The molecule has 0 radical (unpaired) electrons. The molecular formula is C23H19N3O4. The molecule has 0 bridgehead atoms. The molecule has 1 aromatic heterocycles. The number of furan rings is 1. The van der Waals surface area contributed by atoms with E-state index in [0.29, 0.717) is 30.0 Å². The van der Waals surface area contributed by atoms with Gasteiger partial charge in [-0.1, -0.05) is 36.4 Å². The van der Waals surface area contributed by atoms with Crippen LogP contribution in [0.2, 0.25) is 0 Å². The summed E-state index contributed by atoms with van der Waals surface area (Å²) in [5, 5.41) is 23.1. The second-order valence-electron chi connectivity index (χ2n) is 6.62. The Labute approximate surface area is 173 Å². The summed E-state index contributed by atoms with van der Waals surface area (Å²) in [7, 11) is 0. The van der Waals surface area contributed by atoms with Crippen LogP contribution in [0.3, 0.4) is 0 Å². The lowest BCUT2D eigenvalue weighted by atomic mass is 10.1. The fourth-order valence-electron chi connectivity index (χ4n) is 2.92. The van der Waals surface area contributed by atoms with Gasteiger partial charge in [0.05, 0.1) is 4.92 Å². The van der Waals surface area contributed by atoms with Gasteiger partial charge in [-0.3, -0.25) is 14.9 Å². The molecule has 3 rings (SSSR count). The molecule has 0 aliphatic heterocycles. The highest BCUT2D eigenvalue weighted by Crippen LogP contribution is 2.29. The lowest BCUT2D eigenvalue weighted by molar-refractivity contribution is -0.384. The summed E-state index contributed by atoms with van der Waals surface area (Å²) in [6.45, 7) is 2.22. The highest BCUT2D eigenvalue weighted by atomic mass is 16.6. The third-order valence-corrected chi connectivity index (χ3v) is 4.52. The van der Waals surface area contributed by atoms with Crippen LogP contribution in [0.25, 0.3) is 17.4 Å². The van der Waals surface area contributed by atoms with Crippen molar-refractivity contribution in [3.8, 4) is 17.4 Å². The molecule has 2 aromatic carbocycles. The first-order valence-corrected chi connectivity index (χ1v) is 9.27. The van der Waals surface area contributed by atoms with E-state index < -0.39 is 10.8 Å². The van der Waals surface area contributed by atoms with Gasteiger partial charge in [0.15, 0.2) is 0 Å². The summed E-state index contributed by atoms with van der Waals surface area (Å²) in [5.74, 6) is 0.243. The second kappa shape index (κ2) is 9.34. The maximum absolute atomic E-state index is 12.3. The van der Waals surface area contributed by atoms with Crippen LogP contribution in [0, 0.1) is 28.4 Å². The summed E-state index contributed by atoms with van der Waals surface area (Å²) in [6, 6.07) is 19.4. The van der Waals surface area contributed by atoms with Crippen LogP contribution in [0.5, 0.6) is 0 Å². The third kappa shape index (κ3) is 5.00. The maximum atomic E-state index is 12.3. The van der Waals surface area contributed by atoms with E-state index in [9.17, 15) is 20.2 Å². The van der Waals surface area contributed by atoms with Crippen LogP contribution in [-0.4, -0.2) is 17.4 Å². The quantitative estimate of drug-likeness (QED) is 0.273. The van der Waals surface area contributed by atoms with Crippen LogP contribution < -0.4 is 5.32 Å². The predicted molar refractivity (Wildman–Crippen MR) is 112 cm³/mol. The summed E-state index contributed by atoms with van der Waals surface area (Å²) < 4.78 is 5.71. The number of carbonyl (C=O) groups excluding carboxylic acids is 1. The Balaban J connectivity index is 1.72. The number of aryl methyl sites for hydroxylation is 1. The number of hydrogen-bond acceptors (Lipinski definition) is 5. The van der Waals surface area contributed by atoms with Crippen LogP contribution in [0.15, 0.2) is 70.7 Å². The highest BCUT2D eigenvalue weighted by Gasteiger charge is 2.14. The Morgan fingerprint density at radius 2 is 1.97 bits per heavy atom. The number of nitrogens with zero attached hydrogens (tertiary/aromatic N) is 2. The van der Waals surface area contributed by atoms with Crippen LogP contribution in [0.4, 0.5) is 5.69 Å². The Hall–Kier alpha value is -4.18. The van der Waals surface area contributed by atoms with Crippen LogP contribution >= 0.6 is 0 Å². The Bertz CT molecular complexity index is 1140. The van der Waals surface area contributed by atoms with E-state index in [1.54, 1.807) is 18.2 Å². The molecule has 7 nitrogen and oxygen atoms in total. The molecular weight excluding hydrogens is 382 g/mol. The van der Waals surface area contributed by atoms with Crippen molar-refractivity contribution in [2.24, 2.45) is 0 Å². The standard InChI is InChI=1S/C23H19N3O4/c1-16-7-8-19(26(28)29)14-21(16)22-10-9-20(30-22)13-18(15-24)23(27)25-12-11-17-5-3-2-4-6-17/h2-10,13-14H,11-12H2,1H3,(H,25,27)/b18-13+. The van der Waals surface area contributed by atoms with Crippen molar-refractivity contribution in [3.05, 3.63) is 93.2 Å². The van der Waals surface area contributed by atoms with E-state index in [0.717, 1.165) is 11.1 Å². The minimum Gasteiger partial charge on any atom is -0.457 e. The maximum Gasteiger partial charge on any atom is 0.270 e. The summed E-state index contributed by atoms with van der Waals surface area (Å²) in [6.07, 6.45) is 2.01. The molecule has 0 aliphatic carbocycles. The van der Waals surface area contributed by atoms with Crippen molar-refractivity contribution in [2.75, 3.05) is 6.54 Å². The fourth-order valence-corrected chi connectivity index (χ4v) is 2.92. The van der Waals surface area contributed by atoms with Gasteiger partial charge < -0.3 is 9.73 Å². The number of amides is 1. The van der Waals surface area contributed by atoms with Gasteiger partial charge in [-0.05, 0) is 36.6 Å². The third-order valence-electron chi connectivity index (χ3n) is 4.52. The number of benzene rings is 2. The molecule has 0 spiro atoms. The number of nitrogens with one attached hydrogen (secondary N) is 1. The number of hydrogen-bond donors (Lipinski definition) is 1. The molecule has 1 heterocycles. The van der Waals surface area contributed by atoms with Gasteiger partial charge >= 0.3 is 0 Å². The van der Waals surface area contributed by atoms with Crippen molar-refractivity contribution in [2.45, 2.75) is 13.3 Å². The highest BCUT2D eigenvalue weighted by molar-refractivity contribution is 6.01. The van der Waals surface area contributed by atoms with E-state index in [4.69, 9.17) is 4.42 Å². The Kier molecular flexibility index (Phi) is 6.40. The van der Waals surface area contributed by atoms with Crippen molar-refractivity contribution >= 4 is 17.7 Å². The molecule has 1 amide bonds. The Morgan fingerprint density at radius 3 is 2.67 bits per heavy atom.